The van der Waals surface area contributed by atoms with Crippen LogP contribution >= 0.6 is 0 Å². The summed E-state index contributed by atoms with van der Waals surface area (Å²) in [6.07, 6.45) is 8.48. The van der Waals surface area contributed by atoms with Crippen LogP contribution in [0.1, 0.15) is 16.7 Å². The molecule has 0 bridgehead atoms. The minimum Gasteiger partial charge on any atom is -0.744 e. The third kappa shape index (κ3) is 7.41. The number of rotatable bonds is 6. The van der Waals surface area contributed by atoms with Crippen LogP contribution in [0.4, 0.5) is 22.7 Å². The van der Waals surface area contributed by atoms with Crippen molar-refractivity contribution in [2.24, 2.45) is 7.05 Å². The number of aryl methyl sites for hydroxylation is 2. The van der Waals surface area contributed by atoms with Crippen molar-refractivity contribution in [1.29, 1.82) is 0 Å². The molecule has 1 aliphatic rings. The van der Waals surface area contributed by atoms with Crippen molar-refractivity contribution in [3.8, 4) is 11.1 Å². The third-order valence-corrected chi connectivity index (χ3v) is 9.16. The summed E-state index contributed by atoms with van der Waals surface area (Å²) in [5.74, 6) is 0. The Morgan fingerprint density at radius 2 is 1.09 bits per heavy atom. The fourth-order valence-electron chi connectivity index (χ4n) is 5.68. The molecule has 236 valence electrons. The van der Waals surface area contributed by atoms with Crippen molar-refractivity contribution in [2.75, 3.05) is 16.8 Å². The molecule has 0 fully saturated rings. The van der Waals surface area contributed by atoms with E-state index in [1.165, 1.54) is 57.1 Å². The molecule has 7 nitrogen and oxygen atoms in total. The highest BCUT2D eigenvalue weighted by Gasteiger charge is 2.25. The minimum absolute atomic E-state index is 0.178. The van der Waals surface area contributed by atoms with E-state index in [0.29, 0.717) is 0 Å². The second-order valence-corrected chi connectivity index (χ2v) is 13.1. The maximum absolute atomic E-state index is 10.4. The number of hydrogen-bond donors (Lipinski definition) is 0. The number of hydrogen-bond acceptors (Lipinski definition) is 5. The summed E-state index contributed by atoms with van der Waals surface area (Å²) >= 11 is 0. The van der Waals surface area contributed by atoms with Crippen LogP contribution in [0.2, 0.25) is 0 Å². The van der Waals surface area contributed by atoms with Crippen LogP contribution in [0, 0.1) is 6.92 Å². The van der Waals surface area contributed by atoms with E-state index in [9.17, 15) is 13.0 Å². The fraction of sp³-hybridized carbons (Fsp3) is 0.128. The SMILES string of the molecule is CN1c2ccccc2N(Cc2ccc(C[n+]3ccc(-c4cc[n+](C)cc4)cc3)cc2)c2ccccc21.Cc1ccc(S(=O)(=O)[O-])cc1. The van der Waals surface area contributed by atoms with E-state index in [4.69, 9.17) is 0 Å². The Hall–Kier alpha value is -5.31. The minimum atomic E-state index is -4.27. The molecule has 7 rings (SSSR count). The molecule has 6 aromatic rings. The molecule has 0 radical (unpaired) electrons. The van der Waals surface area contributed by atoms with Crippen LogP contribution in [0.3, 0.4) is 0 Å². The van der Waals surface area contributed by atoms with Crippen LogP contribution in [-0.4, -0.2) is 20.0 Å². The average molecular weight is 642 g/mol. The van der Waals surface area contributed by atoms with Gasteiger partial charge in [-0.15, -0.1) is 0 Å². The van der Waals surface area contributed by atoms with Crippen molar-refractivity contribution in [2.45, 2.75) is 24.9 Å². The van der Waals surface area contributed by atoms with Gasteiger partial charge in [0.25, 0.3) is 0 Å². The maximum Gasteiger partial charge on any atom is 0.173 e. The Morgan fingerprint density at radius 3 is 1.60 bits per heavy atom. The summed E-state index contributed by atoms with van der Waals surface area (Å²) < 4.78 is 35.4. The van der Waals surface area contributed by atoms with Gasteiger partial charge in [0, 0.05) is 43.4 Å². The molecule has 8 heteroatoms. The van der Waals surface area contributed by atoms with Crippen molar-refractivity contribution >= 4 is 32.9 Å². The first-order valence-electron chi connectivity index (χ1n) is 15.4. The zero-order valence-electron chi connectivity index (χ0n) is 26.7. The van der Waals surface area contributed by atoms with E-state index in [2.05, 4.69) is 148 Å². The molecule has 0 aliphatic carbocycles. The normalized spacial score (nSPS) is 12.1. The Kier molecular flexibility index (Phi) is 9.15. The second kappa shape index (κ2) is 13.6. The van der Waals surface area contributed by atoms with Crippen LogP contribution < -0.4 is 18.9 Å². The first-order valence-corrected chi connectivity index (χ1v) is 16.8. The van der Waals surface area contributed by atoms with Crippen LogP contribution in [0.5, 0.6) is 0 Å². The molecule has 0 N–H and O–H groups in total. The van der Waals surface area contributed by atoms with Gasteiger partial charge in [0.15, 0.2) is 31.3 Å². The largest absolute Gasteiger partial charge is 0.744 e. The van der Waals surface area contributed by atoms with Crippen molar-refractivity contribution < 1.29 is 22.1 Å². The predicted octanol–water partition coefficient (Wildman–Crippen LogP) is 6.83. The summed E-state index contributed by atoms with van der Waals surface area (Å²) in [6.45, 7) is 3.50. The number of fused-ring (bicyclic) bond motifs is 2. The van der Waals surface area contributed by atoms with Gasteiger partial charge in [-0.2, -0.15) is 0 Å². The summed E-state index contributed by atoms with van der Waals surface area (Å²) in [5, 5.41) is 0. The lowest BCUT2D eigenvalue weighted by Gasteiger charge is -2.38. The fourth-order valence-corrected chi connectivity index (χ4v) is 6.15. The van der Waals surface area contributed by atoms with Gasteiger partial charge in [0.2, 0.25) is 0 Å². The number of nitrogens with zero attached hydrogens (tertiary/aromatic N) is 4. The van der Waals surface area contributed by atoms with Crippen molar-refractivity contribution in [3.05, 3.63) is 163 Å². The molecule has 0 spiro atoms. The molecular weight excluding hydrogens is 605 g/mol. The topological polar surface area (TPSA) is 71.4 Å². The number of para-hydroxylation sites is 4. The van der Waals surface area contributed by atoms with E-state index in [1.807, 2.05) is 14.0 Å². The number of anilines is 4. The summed E-state index contributed by atoms with van der Waals surface area (Å²) in [4.78, 5) is 4.53. The van der Waals surface area contributed by atoms with E-state index >= 15 is 0 Å². The molecule has 0 atom stereocenters. The highest BCUT2D eigenvalue weighted by Crippen LogP contribution is 2.47. The molecule has 0 unspecified atom stereocenters. The van der Waals surface area contributed by atoms with Crippen molar-refractivity contribution in [1.82, 2.24) is 0 Å². The molecule has 0 amide bonds. The standard InChI is InChI=1S/C32H30N4.C7H8O3S/c1-33-19-15-27(16-20-33)28-17-21-35(22-18-28)23-25-11-13-26(14-12-25)24-36-31-9-5-3-7-29(31)34(2)30-8-4-6-10-32(30)36;1-6-2-4-7(5-3-6)11(8,9)10/h3-22H,23-24H2,1-2H3;2-5H,1H3,(H,8,9,10)/q+2;/p-1. The van der Waals surface area contributed by atoms with Gasteiger partial charge in [0.05, 0.1) is 27.6 Å². The lowest BCUT2D eigenvalue weighted by Crippen LogP contribution is -2.33. The second-order valence-electron chi connectivity index (χ2n) is 11.7. The van der Waals surface area contributed by atoms with E-state index in [1.54, 1.807) is 12.1 Å². The molecule has 0 saturated carbocycles. The average Bonchev–Trinajstić information content (AvgIpc) is 3.08. The van der Waals surface area contributed by atoms with Gasteiger partial charge in [-0.3, -0.25) is 0 Å². The predicted molar refractivity (Wildman–Crippen MR) is 185 cm³/mol. The van der Waals surface area contributed by atoms with Gasteiger partial charge >= 0.3 is 0 Å². The smallest absolute Gasteiger partial charge is 0.173 e. The first-order chi connectivity index (χ1) is 22.7. The molecular formula is C39H37N4O3S+. The van der Waals surface area contributed by atoms with Crippen LogP contribution in [-0.2, 0) is 30.3 Å². The quantitative estimate of drug-likeness (QED) is 0.147. The maximum atomic E-state index is 10.4. The molecule has 1 aliphatic heterocycles. The molecule has 0 saturated heterocycles. The van der Waals surface area contributed by atoms with Crippen LogP contribution in [0.25, 0.3) is 11.1 Å². The number of pyridine rings is 2. The van der Waals surface area contributed by atoms with E-state index in [0.717, 1.165) is 18.7 Å². The van der Waals surface area contributed by atoms with Gasteiger partial charge in [-0.05, 0) is 60.0 Å². The van der Waals surface area contributed by atoms with Gasteiger partial charge in [-0.25, -0.2) is 17.6 Å². The lowest BCUT2D eigenvalue weighted by molar-refractivity contribution is -0.688. The van der Waals surface area contributed by atoms with Crippen LogP contribution in [0.15, 0.2) is 151 Å². The zero-order chi connectivity index (χ0) is 33.0. The Balaban J connectivity index is 0.000000300. The van der Waals surface area contributed by atoms with E-state index < -0.39 is 10.1 Å². The number of aromatic nitrogens is 2. The Morgan fingerprint density at radius 1 is 0.617 bits per heavy atom. The highest BCUT2D eigenvalue weighted by atomic mass is 32.2. The van der Waals surface area contributed by atoms with Gasteiger partial charge in [-0.1, -0.05) is 66.2 Å². The highest BCUT2D eigenvalue weighted by molar-refractivity contribution is 7.85. The molecule has 4 aromatic carbocycles. The summed E-state index contributed by atoms with van der Waals surface area (Å²) in [7, 11) is -0.0843. The zero-order valence-corrected chi connectivity index (χ0v) is 27.5. The number of benzene rings is 4. The first kappa shape index (κ1) is 31.7. The lowest BCUT2D eigenvalue weighted by atomic mass is 10.1. The molecule has 47 heavy (non-hydrogen) atoms. The van der Waals surface area contributed by atoms with E-state index in [-0.39, 0.29) is 4.90 Å². The molecule has 2 aromatic heterocycles. The van der Waals surface area contributed by atoms with Crippen molar-refractivity contribution in [3.63, 3.8) is 0 Å². The third-order valence-electron chi connectivity index (χ3n) is 8.31. The Labute approximate surface area is 277 Å². The Bertz CT molecular complexity index is 2030. The summed E-state index contributed by atoms with van der Waals surface area (Å²) in [5.41, 5.74) is 10.9. The van der Waals surface area contributed by atoms with Gasteiger partial charge < -0.3 is 14.4 Å². The monoisotopic (exact) mass is 641 g/mol. The molecule has 3 heterocycles. The summed E-state index contributed by atoms with van der Waals surface area (Å²) in [6, 6.07) is 40.8. The van der Waals surface area contributed by atoms with Gasteiger partial charge in [0.1, 0.15) is 17.2 Å².